The quantitative estimate of drug-likeness (QED) is 0.426. The number of aldehydes is 1. The van der Waals surface area contributed by atoms with E-state index in [1.54, 1.807) is 0 Å². The number of carbonyl (C=O) groups excluding carboxylic acids is 1. The summed E-state index contributed by atoms with van der Waals surface area (Å²) in [5, 5.41) is 0. The third-order valence-electron chi connectivity index (χ3n) is 0.700. The van der Waals surface area contributed by atoms with E-state index in [0.717, 1.165) is 19.1 Å². The van der Waals surface area contributed by atoms with Crippen LogP contribution in [0.15, 0.2) is 0 Å². The summed E-state index contributed by atoms with van der Waals surface area (Å²) >= 11 is 0. The van der Waals surface area contributed by atoms with E-state index in [1.165, 1.54) is 6.92 Å². The number of carbonyl (C=O) groups is 1. The van der Waals surface area contributed by atoms with Gasteiger partial charge in [-0.2, -0.15) is 0 Å². The SMILES string of the molecule is C.CC=O.CCCCO[P+](=O)O. The number of rotatable bonds is 4. The van der Waals surface area contributed by atoms with Gasteiger partial charge in [0.2, 0.25) is 0 Å². The van der Waals surface area contributed by atoms with Crippen LogP contribution in [-0.2, 0) is 13.9 Å². The molecule has 1 N–H and O–H groups in total. The van der Waals surface area contributed by atoms with Crippen molar-refractivity contribution in [2.45, 2.75) is 34.1 Å². The van der Waals surface area contributed by atoms with Gasteiger partial charge in [-0.3, -0.25) is 0 Å². The van der Waals surface area contributed by atoms with Gasteiger partial charge in [-0.15, -0.1) is 9.42 Å². The minimum Gasteiger partial charge on any atom is -0.304 e. The second-order valence-electron chi connectivity index (χ2n) is 1.66. The predicted molar refractivity (Wildman–Crippen MR) is 49.2 cm³/mol. The van der Waals surface area contributed by atoms with E-state index in [-0.39, 0.29) is 7.43 Å². The normalized spacial score (nSPS) is 8.75. The van der Waals surface area contributed by atoms with Crippen LogP contribution in [0, 0.1) is 0 Å². The van der Waals surface area contributed by atoms with Crippen molar-refractivity contribution in [3.05, 3.63) is 0 Å². The molecule has 0 aliphatic rings. The highest BCUT2D eigenvalue weighted by Crippen LogP contribution is 2.14. The monoisotopic (exact) mass is 197 g/mol. The number of hydrogen-bond acceptors (Lipinski definition) is 3. The summed E-state index contributed by atoms with van der Waals surface area (Å²) in [6.07, 6.45) is 2.59. The fourth-order valence-electron chi connectivity index (χ4n) is 0.287. The lowest BCUT2D eigenvalue weighted by Gasteiger charge is -1.83. The zero-order valence-electron chi connectivity index (χ0n) is 6.82. The number of unbranched alkanes of at least 4 members (excludes halogenated alkanes) is 1. The van der Waals surface area contributed by atoms with Crippen molar-refractivity contribution in [3.8, 4) is 0 Å². The van der Waals surface area contributed by atoms with Crippen LogP contribution in [0.3, 0.4) is 0 Å². The summed E-state index contributed by atoms with van der Waals surface area (Å²) in [7, 11) is -2.36. The minimum atomic E-state index is -2.36. The Hall–Kier alpha value is -0.310. The van der Waals surface area contributed by atoms with Crippen molar-refractivity contribution in [2.24, 2.45) is 0 Å². The highest BCUT2D eigenvalue weighted by atomic mass is 31.1. The molecule has 5 heteroatoms. The maximum absolute atomic E-state index is 9.80. The summed E-state index contributed by atoms with van der Waals surface area (Å²) in [4.78, 5) is 16.9. The molecule has 0 aromatic rings. The first-order chi connectivity index (χ1) is 5.18. The average molecular weight is 197 g/mol. The second kappa shape index (κ2) is 17.0. The van der Waals surface area contributed by atoms with Crippen molar-refractivity contribution in [2.75, 3.05) is 6.61 Å². The van der Waals surface area contributed by atoms with Crippen LogP contribution in [0.1, 0.15) is 34.1 Å². The molecule has 0 amide bonds. The van der Waals surface area contributed by atoms with Crippen molar-refractivity contribution < 1.29 is 18.8 Å². The fourth-order valence-corrected chi connectivity index (χ4v) is 0.572. The molecule has 0 fully saturated rings. The Balaban J connectivity index is -0.000000177. The van der Waals surface area contributed by atoms with Gasteiger partial charge in [0, 0.05) is 4.57 Å². The largest absolute Gasteiger partial charge is 0.694 e. The van der Waals surface area contributed by atoms with E-state index < -0.39 is 8.25 Å². The molecule has 1 atom stereocenters. The Morgan fingerprint density at radius 2 is 2.00 bits per heavy atom. The Morgan fingerprint density at radius 3 is 2.25 bits per heavy atom. The third kappa shape index (κ3) is 33.3. The standard InChI is InChI=1S/C4H9O3P.C2H4O.CH4/c1-2-3-4-7-8(5)6;1-2-3;/h2-4H2,1H3;2H,1H3;1H4/p+1. The van der Waals surface area contributed by atoms with Crippen LogP contribution >= 0.6 is 8.25 Å². The van der Waals surface area contributed by atoms with Crippen LogP contribution in [0.25, 0.3) is 0 Å². The summed E-state index contributed by atoms with van der Waals surface area (Å²) in [5.41, 5.74) is 0. The van der Waals surface area contributed by atoms with Gasteiger partial charge in [-0.1, -0.05) is 20.8 Å². The highest BCUT2D eigenvalue weighted by Gasteiger charge is 2.08. The van der Waals surface area contributed by atoms with Crippen molar-refractivity contribution >= 4 is 14.5 Å². The maximum Gasteiger partial charge on any atom is 0.694 e. The molecule has 74 valence electrons. The Kier molecular flexibility index (Phi) is 25.0. The van der Waals surface area contributed by atoms with E-state index in [2.05, 4.69) is 4.52 Å². The molecule has 0 bridgehead atoms. The molecular formula is C7H18O4P+. The molecule has 4 nitrogen and oxygen atoms in total. The molecule has 0 saturated heterocycles. The molecule has 0 heterocycles. The molecule has 0 aromatic carbocycles. The summed E-state index contributed by atoms with van der Waals surface area (Å²) in [6.45, 7) is 3.83. The molecule has 0 aliphatic carbocycles. The fraction of sp³-hybridized carbons (Fsp3) is 0.857. The first-order valence-corrected chi connectivity index (χ1v) is 4.50. The zero-order valence-corrected chi connectivity index (χ0v) is 7.71. The smallest absolute Gasteiger partial charge is 0.304 e. The van der Waals surface area contributed by atoms with E-state index in [0.29, 0.717) is 6.61 Å². The Morgan fingerprint density at radius 1 is 1.58 bits per heavy atom. The molecule has 0 spiro atoms. The lowest BCUT2D eigenvalue weighted by atomic mass is 10.4. The second-order valence-corrected chi connectivity index (χ2v) is 2.39. The average Bonchev–Trinajstić information content (AvgIpc) is 1.89. The first kappa shape index (κ1) is 17.7. The van der Waals surface area contributed by atoms with Gasteiger partial charge >= 0.3 is 8.25 Å². The molecule has 0 aromatic heterocycles. The van der Waals surface area contributed by atoms with Gasteiger partial charge in [0.05, 0.1) is 0 Å². The molecule has 1 unspecified atom stereocenters. The van der Waals surface area contributed by atoms with Gasteiger partial charge in [-0.25, -0.2) is 0 Å². The van der Waals surface area contributed by atoms with Crippen LogP contribution in [0.5, 0.6) is 0 Å². The molecule has 0 saturated carbocycles. The van der Waals surface area contributed by atoms with Crippen LogP contribution in [0.4, 0.5) is 0 Å². The van der Waals surface area contributed by atoms with Crippen molar-refractivity contribution in [1.82, 2.24) is 0 Å². The van der Waals surface area contributed by atoms with Gasteiger partial charge in [-0.05, 0) is 13.3 Å². The molecule has 0 aliphatic heterocycles. The van der Waals surface area contributed by atoms with Crippen LogP contribution < -0.4 is 0 Å². The molecule has 0 rings (SSSR count). The lowest BCUT2D eigenvalue weighted by molar-refractivity contribution is -0.106. The third-order valence-corrected chi connectivity index (χ3v) is 1.10. The van der Waals surface area contributed by atoms with Gasteiger partial charge in [0.1, 0.15) is 12.9 Å². The molecule has 12 heavy (non-hydrogen) atoms. The van der Waals surface area contributed by atoms with Gasteiger partial charge < -0.3 is 4.79 Å². The van der Waals surface area contributed by atoms with E-state index in [1.807, 2.05) is 6.92 Å². The zero-order chi connectivity index (χ0) is 9.11. The van der Waals surface area contributed by atoms with Crippen molar-refractivity contribution in [1.29, 1.82) is 0 Å². The molecular weight excluding hydrogens is 179 g/mol. The van der Waals surface area contributed by atoms with E-state index >= 15 is 0 Å². The van der Waals surface area contributed by atoms with Gasteiger partial charge in [0.15, 0.2) is 0 Å². The van der Waals surface area contributed by atoms with Gasteiger partial charge in [0.25, 0.3) is 0 Å². The predicted octanol–water partition coefficient (Wildman–Crippen LogP) is 2.29. The Bertz CT molecular complexity index is 106. The maximum atomic E-state index is 9.80. The highest BCUT2D eigenvalue weighted by molar-refractivity contribution is 7.32. The van der Waals surface area contributed by atoms with Crippen molar-refractivity contribution in [3.63, 3.8) is 0 Å². The topological polar surface area (TPSA) is 63.6 Å². The first-order valence-electron chi connectivity index (χ1n) is 3.37. The molecule has 0 radical (unpaired) electrons. The van der Waals surface area contributed by atoms with E-state index in [9.17, 15) is 4.57 Å². The van der Waals surface area contributed by atoms with Crippen LogP contribution in [-0.4, -0.2) is 17.8 Å². The van der Waals surface area contributed by atoms with Crippen LogP contribution in [0.2, 0.25) is 0 Å². The summed E-state index contributed by atoms with van der Waals surface area (Å²) < 4.78 is 14.1. The minimum absolute atomic E-state index is 0. The number of hydrogen-bond donors (Lipinski definition) is 1. The summed E-state index contributed by atoms with van der Waals surface area (Å²) in [5.74, 6) is 0. The summed E-state index contributed by atoms with van der Waals surface area (Å²) in [6, 6.07) is 0. The van der Waals surface area contributed by atoms with E-state index in [4.69, 9.17) is 9.69 Å². The lowest BCUT2D eigenvalue weighted by Crippen LogP contribution is -1.82. The Labute approximate surface area is 74.9 Å².